The number of carbonyl (C=O) groups excluding carboxylic acids is 1. The van der Waals surface area contributed by atoms with E-state index in [1.165, 1.54) is 12.1 Å². The third-order valence-electron chi connectivity index (χ3n) is 2.78. The van der Waals surface area contributed by atoms with Crippen LogP contribution in [0, 0.1) is 11.3 Å². The minimum Gasteiger partial charge on any atom is -0.544 e. The number of aliphatic carboxylic acids is 1. The highest BCUT2D eigenvalue weighted by Crippen LogP contribution is 2.31. The zero-order valence-electron chi connectivity index (χ0n) is 10.5. The molecule has 0 aromatic heterocycles. The van der Waals surface area contributed by atoms with Gasteiger partial charge in [0.1, 0.15) is 11.8 Å². The number of carbonyl (C=O) groups is 1. The molecule has 0 heterocycles. The van der Waals surface area contributed by atoms with Crippen molar-refractivity contribution in [2.75, 3.05) is 0 Å². The normalized spacial score (nSPS) is 11.4. The third-order valence-corrected chi connectivity index (χ3v) is 2.78. The molecule has 0 unspecified atom stereocenters. The molecule has 0 saturated carbocycles. The average Bonchev–Trinajstić information content (AvgIpc) is 2.45. The zero-order chi connectivity index (χ0) is 15.4. The Kier molecular flexibility index (Phi) is 4.14. The van der Waals surface area contributed by atoms with Gasteiger partial charge in [0.2, 0.25) is 0 Å². The van der Waals surface area contributed by atoms with E-state index in [0.29, 0.717) is 10.8 Å². The van der Waals surface area contributed by atoms with Gasteiger partial charge >= 0.3 is 6.61 Å². The van der Waals surface area contributed by atoms with E-state index < -0.39 is 18.2 Å². The van der Waals surface area contributed by atoms with Crippen LogP contribution in [0.15, 0.2) is 42.0 Å². The van der Waals surface area contributed by atoms with Gasteiger partial charge in [0.05, 0.1) is 11.5 Å². The van der Waals surface area contributed by atoms with Gasteiger partial charge in [-0.2, -0.15) is 14.0 Å². The molecule has 0 atom stereocenters. The van der Waals surface area contributed by atoms with Crippen molar-refractivity contribution < 1.29 is 23.4 Å². The molecular weight excluding hydrogens is 280 g/mol. The van der Waals surface area contributed by atoms with Crippen molar-refractivity contribution in [1.82, 2.24) is 0 Å². The molecule has 2 aromatic rings. The molecule has 0 aliphatic carbocycles. The molecule has 0 fully saturated rings. The molecule has 21 heavy (non-hydrogen) atoms. The Bertz CT molecular complexity index is 763. The minimum atomic E-state index is -3.06. The number of nitrogens with zero attached hydrogens (tertiary/aromatic N) is 1. The number of carboxylic acid groups (broad SMARTS) is 1. The summed E-state index contributed by atoms with van der Waals surface area (Å²) < 4.78 is 29.3. The number of fused-ring (bicyclic) bond motifs is 1. The summed E-state index contributed by atoms with van der Waals surface area (Å²) in [5.74, 6) is -1.90. The van der Waals surface area contributed by atoms with Gasteiger partial charge in [-0.05, 0) is 22.9 Å². The van der Waals surface area contributed by atoms with Crippen LogP contribution in [0.2, 0.25) is 0 Å². The molecule has 2 aromatic carbocycles. The minimum absolute atomic E-state index is 0.0918. The Morgan fingerprint density at radius 1 is 1.29 bits per heavy atom. The van der Waals surface area contributed by atoms with E-state index in [-0.39, 0.29) is 11.3 Å². The van der Waals surface area contributed by atoms with Crippen LogP contribution >= 0.6 is 0 Å². The fourth-order valence-corrected chi connectivity index (χ4v) is 1.90. The Labute approximate surface area is 118 Å². The predicted octanol–water partition coefficient (Wildman–Crippen LogP) is 2.10. The number of benzene rings is 2. The highest BCUT2D eigenvalue weighted by Gasteiger charge is 2.12. The lowest BCUT2D eigenvalue weighted by molar-refractivity contribution is -0.298. The van der Waals surface area contributed by atoms with Crippen LogP contribution in [-0.4, -0.2) is 12.6 Å². The van der Waals surface area contributed by atoms with E-state index in [2.05, 4.69) is 4.74 Å². The van der Waals surface area contributed by atoms with Crippen LogP contribution < -0.4 is 9.84 Å². The first-order valence-corrected chi connectivity index (χ1v) is 5.82. The van der Waals surface area contributed by atoms with Crippen molar-refractivity contribution in [2.45, 2.75) is 6.61 Å². The van der Waals surface area contributed by atoms with Crippen LogP contribution in [-0.2, 0) is 4.79 Å². The van der Waals surface area contributed by atoms with Gasteiger partial charge in [0.25, 0.3) is 0 Å². The fourth-order valence-electron chi connectivity index (χ4n) is 1.90. The largest absolute Gasteiger partial charge is 0.544 e. The SMILES string of the molecule is N#C/C(=C\c1c(OC(F)F)ccc2ccccc12)C(=O)[O-]. The van der Waals surface area contributed by atoms with Gasteiger partial charge < -0.3 is 14.6 Å². The van der Waals surface area contributed by atoms with Gasteiger partial charge in [-0.25, -0.2) is 0 Å². The Morgan fingerprint density at radius 3 is 2.62 bits per heavy atom. The second kappa shape index (κ2) is 6.01. The number of rotatable bonds is 4. The maximum atomic E-state index is 12.4. The Balaban J connectivity index is 2.72. The van der Waals surface area contributed by atoms with Crippen molar-refractivity contribution >= 4 is 22.8 Å². The molecule has 0 bridgehead atoms. The predicted molar refractivity (Wildman–Crippen MR) is 69.2 cm³/mol. The summed E-state index contributed by atoms with van der Waals surface area (Å²) in [6.07, 6.45) is 0.968. The second-order valence-corrected chi connectivity index (χ2v) is 4.03. The topological polar surface area (TPSA) is 73.1 Å². The first kappa shape index (κ1) is 14.5. The summed E-state index contributed by atoms with van der Waals surface area (Å²) >= 11 is 0. The Morgan fingerprint density at radius 2 is 2.00 bits per heavy atom. The van der Waals surface area contributed by atoms with Crippen LogP contribution in [0.1, 0.15) is 5.56 Å². The summed E-state index contributed by atoms with van der Waals surface area (Å²) in [6.45, 7) is -3.06. The second-order valence-electron chi connectivity index (χ2n) is 4.03. The van der Waals surface area contributed by atoms with E-state index in [4.69, 9.17) is 5.26 Å². The summed E-state index contributed by atoms with van der Waals surface area (Å²) in [5, 5.41) is 20.8. The summed E-state index contributed by atoms with van der Waals surface area (Å²) in [4.78, 5) is 10.8. The molecule has 0 N–H and O–H groups in total. The number of hydrogen-bond acceptors (Lipinski definition) is 4. The van der Waals surface area contributed by atoms with Crippen molar-refractivity contribution in [2.24, 2.45) is 0 Å². The molecule has 0 spiro atoms. The smallest absolute Gasteiger partial charge is 0.387 e. The third kappa shape index (κ3) is 3.15. The average molecular weight is 288 g/mol. The van der Waals surface area contributed by atoms with Crippen molar-refractivity contribution in [3.05, 3.63) is 47.5 Å². The lowest BCUT2D eigenvalue weighted by Crippen LogP contribution is -2.23. The van der Waals surface area contributed by atoms with E-state index in [1.54, 1.807) is 30.3 Å². The highest BCUT2D eigenvalue weighted by atomic mass is 19.3. The number of ether oxygens (including phenoxy) is 1. The fraction of sp³-hybridized carbons (Fsp3) is 0.0667. The molecule has 0 amide bonds. The first-order valence-electron chi connectivity index (χ1n) is 5.82. The molecule has 4 nitrogen and oxygen atoms in total. The van der Waals surface area contributed by atoms with Crippen molar-refractivity contribution in [1.29, 1.82) is 5.26 Å². The quantitative estimate of drug-likeness (QED) is 0.638. The maximum absolute atomic E-state index is 12.4. The molecule has 0 radical (unpaired) electrons. The zero-order valence-corrected chi connectivity index (χ0v) is 10.5. The van der Waals surface area contributed by atoms with E-state index in [0.717, 1.165) is 6.08 Å². The van der Waals surface area contributed by atoms with Gasteiger partial charge in [-0.15, -0.1) is 0 Å². The lowest BCUT2D eigenvalue weighted by atomic mass is 10.0. The van der Waals surface area contributed by atoms with Crippen molar-refractivity contribution in [3.8, 4) is 11.8 Å². The molecule has 106 valence electrons. The van der Waals surface area contributed by atoms with Crippen LogP contribution in [0.3, 0.4) is 0 Å². The van der Waals surface area contributed by atoms with Gasteiger partial charge in [0, 0.05) is 5.56 Å². The summed E-state index contributed by atoms with van der Waals surface area (Å²) in [5.41, 5.74) is -0.584. The molecule has 0 aliphatic rings. The Hall–Kier alpha value is -2.94. The van der Waals surface area contributed by atoms with Gasteiger partial charge in [-0.3, -0.25) is 0 Å². The lowest BCUT2D eigenvalue weighted by Gasteiger charge is -2.12. The van der Waals surface area contributed by atoms with Crippen LogP contribution in [0.4, 0.5) is 8.78 Å². The van der Waals surface area contributed by atoms with E-state index in [9.17, 15) is 18.7 Å². The molecule has 0 saturated heterocycles. The first-order chi connectivity index (χ1) is 10.0. The number of carboxylic acids is 1. The monoisotopic (exact) mass is 288 g/mol. The summed E-state index contributed by atoms with van der Waals surface area (Å²) in [7, 11) is 0. The highest BCUT2D eigenvalue weighted by molar-refractivity contribution is 6.00. The van der Waals surface area contributed by atoms with Gasteiger partial charge in [0.15, 0.2) is 0 Å². The van der Waals surface area contributed by atoms with Crippen molar-refractivity contribution in [3.63, 3.8) is 0 Å². The van der Waals surface area contributed by atoms with Gasteiger partial charge in [-0.1, -0.05) is 30.3 Å². The number of alkyl halides is 2. The maximum Gasteiger partial charge on any atom is 0.387 e. The number of nitriles is 1. The number of halogens is 2. The molecule has 6 heteroatoms. The molecule has 0 aliphatic heterocycles. The van der Waals surface area contributed by atoms with E-state index in [1.807, 2.05) is 0 Å². The number of hydrogen-bond donors (Lipinski definition) is 0. The standard InChI is InChI=1S/C15H9F2NO3/c16-15(17)21-13-6-5-9-3-1-2-4-11(9)12(13)7-10(8-18)14(19)20/h1-7,15H,(H,19,20)/p-1/b10-7+. The van der Waals surface area contributed by atoms with Crippen LogP contribution in [0.25, 0.3) is 16.8 Å². The molecule has 2 rings (SSSR count). The van der Waals surface area contributed by atoms with Crippen LogP contribution in [0.5, 0.6) is 5.75 Å². The van der Waals surface area contributed by atoms with E-state index >= 15 is 0 Å². The summed E-state index contributed by atoms with van der Waals surface area (Å²) in [6, 6.07) is 11.1. The molecular formula is C15H8F2NO3-.